The van der Waals surface area contributed by atoms with Gasteiger partial charge in [-0.3, -0.25) is 0 Å². The fraction of sp³-hybridized carbons (Fsp3) is 0.167. The van der Waals surface area contributed by atoms with Gasteiger partial charge in [0.25, 0.3) is 0 Å². The lowest BCUT2D eigenvalue weighted by Gasteiger charge is -2.13. The lowest BCUT2D eigenvalue weighted by Crippen LogP contribution is -2.07. The van der Waals surface area contributed by atoms with E-state index in [9.17, 15) is 4.39 Å². The minimum absolute atomic E-state index is 0.265. The van der Waals surface area contributed by atoms with Crippen LogP contribution < -0.4 is 5.73 Å². The molecular weight excluding hydrogens is 263 g/mol. The van der Waals surface area contributed by atoms with Crippen LogP contribution in [0, 0.1) is 18.2 Å². The SMILES string of the molecule is CCc1c(C)ccc(N)c1C(=N)/C=C/c1ccc(F)cc1. The van der Waals surface area contributed by atoms with Gasteiger partial charge in [0.15, 0.2) is 0 Å². The molecule has 0 unspecified atom stereocenters. The van der Waals surface area contributed by atoms with Crippen molar-refractivity contribution in [3.8, 4) is 0 Å². The van der Waals surface area contributed by atoms with E-state index in [0.717, 1.165) is 28.7 Å². The number of halogens is 1. The highest BCUT2D eigenvalue weighted by Crippen LogP contribution is 2.23. The van der Waals surface area contributed by atoms with E-state index >= 15 is 0 Å². The molecule has 0 fully saturated rings. The Morgan fingerprint density at radius 2 is 1.86 bits per heavy atom. The van der Waals surface area contributed by atoms with Gasteiger partial charge in [-0.05, 0) is 54.3 Å². The molecule has 0 saturated carbocycles. The minimum Gasteiger partial charge on any atom is -0.398 e. The van der Waals surface area contributed by atoms with Crippen LogP contribution in [0.2, 0.25) is 0 Å². The Morgan fingerprint density at radius 1 is 1.19 bits per heavy atom. The van der Waals surface area contributed by atoms with Crippen LogP contribution in [0.25, 0.3) is 6.08 Å². The van der Waals surface area contributed by atoms with Crippen LogP contribution in [0.5, 0.6) is 0 Å². The molecule has 0 aliphatic heterocycles. The molecule has 3 N–H and O–H groups in total. The van der Waals surface area contributed by atoms with Gasteiger partial charge >= 0.3 is 0 Å². The van der Waals surface area contributed by atoms with Gasteiger partial charge in [-0.25, -0.2) is 4.39 Å². The molecule has 0 radical (unpaired) electrons. The van der Waals surface area contributed by atoms with E-state index in [1.54, 1.807) is 24.3 Å². The summed E-state index contributed by atoms with van der Waals surface area (Å²) >= 11 is 0. The average molecular weight is 282 g/mol. The van der Waals surface area contributed by atoms with Crippen molar-refractivity contribution in [2.45, 2.75) is 20.3 Å². The van der Waals surface area contributed by atoms with Crippen molar-refractivity contribution in [3.63, 3.8) is 0 Å². The molecule has 0 atom stereocenters. The zero-order valence-corrected chi connectivity index (χ0v) is 12.3. The lowest BCUT2D eigenvalue weighted by molar-refractivity contribution is 0.628. The molecule has 21 heavy (non-hydrogen) atoms. The lowest BCUT2D eigenvalue weighted by atomic mass is 9.94. The maximum absolute atomic E-state index is 12.9. The Labute approximate surface area is 124 Å². The Hall–Kier alpha value is -2.42. The van der Waals surface area contributed by atoms with Crippen LogP contribution in [0.3, 0.4) is 0 Å². The number of hydrogen-bond donors (Lipinski definition) is 2. The summed E-state index contributed by atoms with van der Waals surface area (Å²) in [6, 6.07) is 9.99. The number of rotatable bonds is 4. The van der Waals surface area contributed by atoms with E-state index in [2.05, 4.69) is 6.92 Å². The molecule has 0 spiro atoms. The largest absolute Gasteiger partial charge is 0.398 e. The quantitative estimate of drug-likeness (QED) is 0.635. The van der Waals surface area contributed by atoms with Gasteiger partial charge in [-0.15, -0.1) is 0 Å². The van der Waals surface area contributed by atoms with Gasteiger partial charge in [-0.1, -0.05) is 31.2 Å². The van der Waals surface area contributed by atoms with Crippen molar-refractivity contribution >= 4 is 17.5 Å². The number of nitrogens with two attached hydrogens (primary N) is 1. The summed E-state index contributed by atoms with van der Waals surface area (Å²) in [6.07, 6.45) is 4.33. The Morgan fingerprint density at radius 3 is 2.48 bits per heavy atom. The minimum atomic E-state index is -0.265. The summed E-state index contributed by atoms with van der Waals surface area (Å²) < 4.78 is 12.9. The molecule has 0 aliphatic carbocycles. The molecule has 0 bridgehead atoms. The van der Waals surface area contributed by atoms with Gasteiger partial charge in [-0.2, -0.15) is 0 Å². The van der Waals surface area contributed by atoms with E-state index in [4.69, 9.17) is 11.1 Å². The highest BCUT2D eigenvalue weighted by Gasteiger charge is 2.11. The Balaban J connectivity index is 2.32. The standard InChI is InChI=1S/C18H19FN2/c1-3-15-12(2)4-10-16(20)18(15)17(21)11-7-13-5-8-14(19)9-6-13/h4-11,21H,3,20H2,1-2H3/b11-7+,21-17?. The molecule has 2 aromatic carbocycles. The van der Waals surface area contributed by atoms with Crippen LogP contribution in [0.1, 0.15) is 29.2 Å². The normalized spacial score (nSPS) is 11.0. The van der Waals surface area contributed by atoms with E-state index in [1.807, 2.05) is 19.1 Å². The first-order valence-corrected chi connectivity index (χ1v) is 6.93. The van der Waals surface area contributed by atoms with Crippen LogP contribution in [-0.2, 0) is 6.42 Å². The first-order chi connectivity index (χ1) is 10.0. The fourth-order valence-corrected chi connectivity index (χ4v) is 2.38. The summed E-state index contributed by atoms with van der Waals surface area (Å²) in [5, 5.41) is 8.26. The molecule has 0 aromatic heterocycles. The number of aryl methyl sites for hydroxylation is 1. The number of nitrogens with one attached hydrogen (secondary N) is 1. The Kier molecular flexibility index (Phi) is 4.53. The summed E-state index contributed by atoms with van der Waals surface area (Å²) in [7, 11) is 0. The summed E-state index contributed by atoms with van der Waals surface area (Å²) in [5.41, 5.74) is 10.9. The third-order valence-electron chi connectivity index (χ3n) is 3.51. The maximum atomic E-state index is 12.9. The molecule has 2 aromatic rings. The summed E-state index contributed by atoms with van der Waals surface area (Å²) in [6.45, 7) is 4.08. The predicted molar refractivity (Wildman–Crippen MR) is 87.2 cm³/mol. The van der Waals surface area contributed by atoms with Gasteiger partial charge < -0.3 is 11.1 Å². The Bertz CT molecular complexity index is 685. The number of hydrogen-bond acceptors (Lipinski definition) is 2. The van der Waals surface area contributed by atoms with Crippen LogP contribution in [0.4, 0.5) is 10.1 Å². The van der Waals surface area contributed by atoms with Gasteiger partial charge in [0.05, 0.1) is 5.71 Å². The average Bonchev–Trinajstić information content (AvgIpc) is 2.48. The number of allylic oxidation sites excluding steroid dienone is 1. The molecule has 0 saturated heterocycles. The molecule has 3 heteroatoms. The fourth-order valence-electron chi connectivity index (χ4n) is 2.38. The molecule has 2 nitrogen and oxygen atoms in total. The van der Waals surface area contributed by atoms with Gasteiger partial charge in [0.2, 0.25) is 0 Å². The highest BCUT2D eigenvalue weighted by atomic mass is 19.1. The zero-order chi connectivity index (χ0) is 15.4. The molecule has 0 amide bonds. The van der Waals surface area contributed by atoms with Crippen LogP contribution in [0.15, 0.2) is 42.5 Å². The molecular formula is C18H19FN2. The third kappa shape index (κ3) is 3.37. The highest BCUT2D eigenvalue weighted by molar-refractivity contribution is 6.13. The first-order valence-electron chi connectivity index (χ1n) is 6.93. The monoisotopic (exact) mass is 282 g/mol. The summed E-state index contributed by atoms with van der Waals surface area (Å²) in [4.78, 5) is 0. The van der Waals surface area contributed by atoms with Crippen molar-refractivity contribution in [2.75, 3.05) is 5.73 Å². The third-order valence-corrected chi connectivity index (χ3v) is 3.51. The second kappa shape index (κ2) is 6.35. The van der Waals surface area contributed by atoms with Crippen LogP contribution in [-0.4, -0.2) is 5.71 Å². The van der Waals surface area contributed by atoms with E-state index in [-0.39, 0.29) is 5.82 Å². The number of benzene rings is 2. The smallest absolute Gasteiger partial charge is 0.123 e. The summed E-state index contributed by atoms with van der Waals surface area (Å²) in [5.74, 6) is -0.265. The predicted octanol–water partition coefficient (Wildman–Crippen LogP) is 4.36. The van der Waals surface area contributed by atoms with E-state index < -0.39 is 0 Å². The van der Waals surface area contributed by atoms with Crippen molar-refractivity contribution in [3.05, 3.63) is 70.5 Å². The van der Waals surface area contributed by atoms with Gasteiger partial charge in [0.1, 0.15) is 5.82 Å². The van der Waals surface area contributed by atoms with Gasteiger partial charge in [0, 0.05) is 11.3 Å². The topological polar surface area (TPSA) is 49.9 Å². The van der Waals surface area contributed by atoms with Crippen molar-refractivity contribution in [2.24, 2.45) is 0 Å². The van der Waals surface area contributed by atoms with Crippen molar-refractivity contribution in [1.82, 2.24) is 0 Å². The molecule has 0 aliphatic rings. The molecule has 108 valence electrons. The van der Waals surface area contributed by atoms with E-state index in [1.165, 1.54) is 12.1 Å². The zero-order valence-electron chi connectivity index (χ0n) is 12.3. The van der Waals surface area contributed by atoms with Crippen LogP contribution >= 0.6 is 0 Å². The number of anilines is 1. The second-order valence-electron chi connectivity index (χ2n) is 4.98. The van der Waals surface area contributed by atoms with Crippen molar-refractivity contribution in [1.29, 1.82) is 5.41 Å². The second-order valence-corrected chi connectivity index (χ2v) is 4.98. The van der Waals surface area contributed by atoms with Crippen molar-refractivity contribution < 1.29 is 4.39 Å². The molecule has 2 rings (SSSR count). The van der Waals surface area contributed by atoms with E-state index in [0.29, 0.717) is 11.4 Å². The number of nitrogen functional groups attached to an aromatic ring is 1. The first kappa shape index (κ1) is 15.0. The molecule has 0 heterocycles. The maximum Gasteiger partial charge on any atom is 0.123 e.